The first-order valence-electron chi connectivity index (χ1n) is 6.51. The van der Waals surface area contributed by atoms with E-state index in [-0.39, 0.29) is 11.1 Å². The summed E-state index contributed by atoms with van der Waals surface area (Å²) >= 11 is 5.78. The van der Waals surface area contributed by atoms with E-state index in [1.54, 1.807) is 31.5 Å². The maximum atomic E-state index is 13.1. The van der Waals surface area contributed by atoms with Gasteiger partial charge < -0.3 is 4.74 Å². The SMILES string of the molecule is COc1ccc(CC(Cc2ccc(F)c(Cl)c2)NN)cn1. The van der Waals surface area contributed by atoms with E-state index in [2.05, 4.69) is 10.4 Å². The van der Waals surface area contributed by atoms with Gasteiger partial charge in [-0.2, -0.15) is 0 Å². The Morgan fingerprint density at radius 1 is 1.29 bits per heavy atom. The van der Waals surface area contributed by atoms with Crippen molar-refractivity contribution in [1.29, 1.82) is 0 Å². The first-order chi connectivity index (χ1) is 10.1. The van der Waals surface area contributed by atoms with Gasteiger partial charge in [0.05, 0.1) is 12.1 Å². The molecule has 0 radical (unpaired) electrons. The third-order valence-electron chi connectivity index (χ3n) is 3.19. The van der Waals surface area contributed by atoms with Gasteiger partial charge in [-0.05, 0) is 36.1 Å². The van der Waals surface area contributed by atoms with Crippen molar-refractivity contribution in [2.24, 2.45) is 5.84 Å². The molecule has 0 bridgehead atoms. The van der Waals surface area contributed by atoms with E-state index in [0.717, 1.165) is 11.1 Å². The Bertz CT molecular complexity index is 592. The molecule has 1 aromatic heterocycles. The normalized spacial score (nSPS) is 12.2. The Morgan fingerprint density at radius 2 is 2.00 bits per heavy atom. The zero-order valence-corrected chi connectivity index (χ0v) is 12.4. The molecule has 4 nitrogen and oxygen atoms in total. The van der Waals surface area contributed by atoms with Gasteiger partial charge in [0, 0.05) is 18.3 Å². The van der Waals surface area contributed by atoms with Gasteiger partial charge in [-0.15, -0.1) is 0 Å². The molecule has 2 aromatic rings. The lowest BCUT2D eigenvalue weighted by molar-refractivity contribution is 0.397. The number of nitrogens with zero attached hydrogens (tertiary/aromatic N) is 1. The molecule has 0 amide bonds. The molecule has 1 unspecified atom stereocenters. The number of hydrogen-bond acceptors (Lipinski definition) is 4. The van der Waals surface area contributed by atoms with E-state index in [0.29, 0.717) is 18.7 Å². The van der Waals surface area contributed by atoms with E-state index in [1.165, 1.54) is 6.07 Å². The summed E-state index contributed by atoms with van der Waals surface area (Å²) < 4.78 is 18.2. The minimum absolute atomic E-state index is 0.00160. The number of pyridine rings is 1. The van der Waals surface area contributed by atoms with Gasteiger partial charge in [-0.1, -0.05) is 23.7 Å². The molecule has 21 heavy (non-hydrogen) atoms. The van der Waals surface area contributed by atoms with Crippen molar-refractivity contribution in [2.75, 3.05) is 7.11 Å². The van der Waals surface area contributed by atoms with Crippen LogP contribution in [0.5, 0.6) is 5.88 Å². The van der Waals surface area contributed by atoms with Crippen LogP contribution in [0, 0.1) is 5.82 Å². The predicted octanol–water partition coefficient (Wildman–Crippen LogP) is 2.50. The maximum Gasteiger partial charge on any atom is 0.212 e. The van der Waals surface area contributed by atoms with Crippen molar-refractivity contribution in [1.82, 2.24) is 10.4 Å². The van der Waals surface area contributed by atoms with Crippen LogP contribution in [0.2, 0.25) is 5.02 Å². The fourth-order valence-electron chi connectivity index (χ4n) is 2.08. The minimum Gasteiger partial charge on any atom is -0.481 e. The Kier molecular flexibility index (Phi) is 5.50. The molecule has 0 spiro atoms. The molecule has 6 heteroatoms. The van der Waals surface area contributed by atoms with Crippen molar-refractivity contribution in [3.05, 3.63) is 58.5 Å². The smallest absolute Gasteiger partial charge is 0.212 e. The first kappa shape index (κ1) is 15.7. The highest BCUT2D eigenvalue weighted by Crippen LogP contribution is 2.18. The van der Waals surface area contributed by atoms with E-state index < -0.39 is 5.82 Å². The van der Waals surface area contributed by atoms with Crippen LogP contribution in [-0.2, 0) is 12.8 Å². The number of hydrazine groups is 1. The second kappa shape index (κ2) is 7.36. The molecule has 1 heterocycles. The van der Waals surface area contributed by atoms with Crippen molar-refractivity contribution >= 4 is 11.6 Å². The molecule has 0 aliphatic carbocycles. The van der Waals surface area contributed by atoms with Gasteiger partial charge >= 0.3 is 0 Å². The van der Waals surface area contributed by atoms with Gasteiger partial charge in [0.15, 0.2) is 0 Å². The molecule has 3 N–H and O–H groups in total. The van der Waals surface area contributed by atoms with E-state index in [9.17, 15) is 4.39 Å². The monoisotopic (exact) mass is 309 g/mol. The summed E-state index contributed by atoms with van der Waals surface area (Å²) in [5.41, 5.74) is 4.72. The van der Waals surface area contributed by atoms with E-state index >= 15 is 0 Å². The van der Waals surface area contributed by atoms with Crippen LogP contribution in [0.4, 0.5) is 4.39 Å². The zero-order valence-electron chi connectivity index (χ0n) is 11.6. The summed E-state index contributed by atoms with van der Waals surface area (Å²) in [7, 11) is 1.57. The summed E-state index contributed by atoms with van der Waals surface area (Å²) in [6.07, 6.45) is 3.09. The predicted molar refractivity (Wildman–Crippen MR) is 80.7 cm³/mol. The number of nitrogens with two attached hydrogens (primary N) is 1. The summed E-state index contributed by atoms with van der Waals surface area (Å²) in [6, 6.07) is 8.43. The lowest BCUT2D eigenvalue weighted by Gasteiger charge is -2.16. The molecule has 2 rings (SSSR count). The minimum atomic E-state index is -0.419. The Morgan fingerprint density at radius 3 is 2.57 bits per heavy atom. The van der Waals surface area contributed by atoms with Crippen molar-refractivity contribution in [3.8, 4) is 5.88 Å². The number of halogens is 2. The van der Waals surface area contributed by atoms with Crippen LogP contribution in [-0.4, -0.2) is 18.1 Å². The van der Waals surface area contributed by atoms with Crippen molar-refractivity contribution in [3.63, 3.8) is 0 Å². The lowest BCUT2D eigenvalue weighted by Crippen LogP contribution is -2.38. The molecule has 112 valence electrons. The highest BCUT2D eigenvalue weighted by Gasteiger charge is 2.11. The second-order valence-electron chi connectivity index (χ2n) is 4.73. The topological polar surface area (TPSA) is 60.2 Å². The molecule has 1 aromatic carbocycles. The number of nitrogens with one attached hydrogen (secondary N) is 1. The average Bonchev–Trinajstić information content (AvgIpc) is 2.51. The number of ether oxygens (including phenoxy) is 1. The fraction of sp³-hybridized carbons (Fsp3) is 0.267. The summed E-state index contributed by atoms with van der Waals surface area (Å²) in [5, 5.41) is 0.120. The maximum absolute atomic E-state index is 13.1. The third kappa shape index (κ3) is 4.39. The summed E-state index contributed by atoms with van der Waals surface area (Å²) in [6.45, 7) is 0. The first-order valence-corrected chi connectivity index (χ1v) is 6.89. The summed E-state index contributed by atoms with van der Waals surface area (Å²) in [4.78, 5) is 4.16. The summed E-state index contributed by atoms with van der Waals surface area (Å²) in [5.74, 6) is 5.74. The molecular formula is C15H17ClFN3O. The van der Waals surface area contributed by atoms with Gasteiger partial charge in [0.2, 0.25) is 5.88 Å². The molecule has 1 atom stereocenters. The average molecular weight is 310 g/mol. The van der Waals surface area contributed by atoms with E-state index in [1.807, 2.05) is 6.07 Å². The van der Waals surface area contributed by atoms with Crippen LogP contribution >= 0.6 is 11.6 Å². The van der Waals surface area contributed by atoms with Crippen LogP contribution in [0.25, 0.3) is 0 Å². The molecule has 0 saturated carbocycles. The lowest BCUT2D eigenvalue weighted by atomic mass is 10.0. The molecule has 0 fully saturated rings. The van der Waals surface area contributed by atoms with Crippen LogP contribution in [0.1, 0.15) is 11.1 Å². The fourth-order valence-corrected chi connectivity index (χ4v) is 2.28. The van der Waals surface area contributed by atoms with Crippen molar-refractivity contribution in [2.45, 2.75) is 18.9 Å². The molecular weight excluding hydrogens is 293 g/mol. The highest BCUT2D eigenvalue weighted by molar-refractivity contribution is 6.30. The van der Waals surface area contributed by atoms with Crippen LogP contribution < -0.4 is 16.0 Å². The zero-order chi connectivity index (χ0) is 15.2. The molecule has 0 aliphatic heterocycles. The number of methoxy groups -OCH3 is 1. The van der Waals surface area contributed by atoms with Crippen LogP contribution in [0.3, 0.4) is 0 Å². The largest absolute Gasteiger partial charge is 0.481 e. The highest BCUT2D eigenvalue weighted by atomic mass is 35.5. The third-order valence-corrected chi connectivity index (χ3v) is 3.48. The van der Waals surface area contributed by atoms with Gasteiger partial charge in [0.25, 0.3) is 0 Å². The van der Waals surface area contributed by atoms with E-state index in [4.69, 9.17) is 22.2 Å². The van der Waals surface area contributed by atoms with Crippen molar-refractivity contribution < 1.29 is 9.13 Å². The van der Waals surface area contributed by atoms with Gasteiger partial charge in [0.1, 0.15) is 5.82 Å². The Hall–Kier alpha value is -1.69. The van der Waals surface area contributed by atoms with Gasteiger partial charge in [-0.25, -0.2) is 9.37 Å². The quantitative estimate of drug-likeness (QED) is 0.636. The number of aromatic nitrogens is 1. The Balaban J connectivity index is 2.03. The molecule has 0 saturated heterocycles. The number of benzene rings is 1. The second-order valence-corrected chi connectivity index (χ2v) is 5.14. The number of hydrogen-bond donors (Lipinski definition) is 2. The Labute approximate surface area is 128 Å². The standard InChI is InChI=1S/C15H17ClFN3O/c1-21-15-5-3-11(9-19-15)7-12(20-18)6-10-2-4-14(17)13(16)8-10/h2-5,8-9,12,20H,6-7,18H2,1H3. The van der Waals surface area contributed by atoms with Crippen LogP contribution in [0.15, 0.2) is 36.5 Å². The number of rotatable bonds is 6. The van der Waals surface area contributed by atoms with Gasteiger partial charge in [-0.3, -0.25) is 11.3 Å². The molecule has 0 aliphatic rings.